The quantitative estimate of drug-likeness (QED) is 0.709. The zero-order valence-corrected chi connectivity index (χ0v) is 8.77. The van der Waals surface area contributed by atoms with Crippen molar-refractivity contribution in [2.45, 2.75) is 13.3 Å². The van der Waals surface area contributed by atoms with E-state index in [1.54, 1.807) is 12.1 Å². The topological polar surface area (TPSA) is 17.1 Å². The second-order valence-corrected chi connectivity index (χ2v) is 3.88. The first-order valence-electron chi connectivity index (χ1n) is 4.02. The highest BCUT2D eigenvalue weighted by molar-refractivity contribution is 6.42. The summed E-state index contributed by atoms with van der Waals surface area (Å²) in [5, 5.41) is 1.08. The van der Waals surface area contributed by atoms with E-state index in [0.29, 0.717) is 16.5 Å². The first-order chi connectivity index (χ1) is 6.13. The maximum atomic E-state index is 10.4. The van der Waals surface area contributed by atoms with Crippen LogP contribution >= 0.6 is 23.2 Å². The summed E-state index contributed by atoms with van der Waals surface area (Å²) in [5.74, 6) is 0.0252. The molecule has 0 N–H and O–H groups in total. The molecule has 13 heavy (non-hydrogen) atoms. The van der Waals surface area contributed by atoms with Gasteiger partial charge in [-0.25, -0.2) is 0 Å². The van der Waals surface area contributed by atoms with Crippen molar-refractivity contribution in [2.24, 2.45) is 5.92 Å². The van der Waals surface area contributed by atoms with Crippen molar-refractivity contribution in [3.05, 3.63) is 33.8 Å². The molecule has 0 radical (unpaired) electrons. The van der Waals surface area contributed by atoms with Gasteiger partial charge in [-0.15, -0.1) is 0 Å². The number of halogens is 2. The molecule has 0 aliphatic carbocycles. The second-order valence-electron chi connectivity index (χ2n) is 3.07. The zero-order chi connectivity index (χ0) is 9.84. The SMILES string of the molecule is CC(C=O)Cc1ccc(Cl)c(Cl)c1. The van der Waals surface area contributed by atoms with Gasteiger partial charge in [-0.3, -0.25) is 0 Å². The molecule has 0 aliphatic rings. The van der Waals surface area contributed by atoms with E-state index < -0.39 is 0 Å². The summed E-state index contributed by atoms with van der Waals surface area (Å²) < 4.78 is 0. The third-order valence-corrected chi connectivity index (χ3v) is 2.51. The maximum Gasteiger partial charge on any atom is 0.123 e. The van der Waals surface area contributed by atoms with Gasteiger partial charge in [0, 0.05) is 5.92 Å². The Morgan fingerprint density at radius 1 is 1.38 bits per heavy atom. The lowest BCUT2D eigenvalue weighted by molar-refractivity contribution is -0.110. The highest BCUT2D eigenvalue weighted by Gasteiger charge is 2.03. The lowest BCUT2D eigenvalue weighted by Gasteiger charge is -2.04. The molecule has 0 saturated carbocycles. The average molecular weight is 217 g/mol. The van der Waals surface area contributed by atoms with Crippen LogP contribution in [0.15, 0.2) is 18.2 Å². The van der Waals surface area contributed by atoms with Crippen LogP contribution < -0.4 is 0 Å². The number of hydrogen-bond donors (Lipinski definition) is 0. The van der Waals surface area contributed by atoms with E-state index in [4.69, 9.17) is 23.2 Å². The Balaban J connectivity index is 2.79. The fourth-order valence-corrected chi connectivity index (χ4v) is 1.41. The minimum Gasteiger partial charge on any atom is -0.303 e. The fraction of sp³-hybridized carbons (Fsp3) is 0.300. The molecule has 0 heterocycles. The third-order valence-electron chi connectivity index (χ3n) is 1.77. The standard InChI is InChI=1S/C10H10Cl2O/c1-7(6-13)4-8-2-3-9(11)10(12)5-8/h2-3,5-7H,4H2,1H3. The lowest BCUT2D eigenvalue weighted by Crippen LogP contribution is -2.00. The molecular weight excluding hydrogens is 207 g/mol. The smallest absolute Gasteiger partial charge is 0.123 e. The minimum atomic E-state index is 0.0252. The molecule has 0 aromatic heterocycles. The molecule has 1 nitrogen and oxygen atoms in total. The number of hydrogen-bond acceptors (Lipinski definition) is 1. The molecule has 1 atom stereocenters. The summed E-state index contributed by atoms with van der Waals surface area (Å²) in [6.45, 7) is 1.87. The molecule has 1 rings (SSSR count). The summed E-state index contributed by atoms with van der Waals surface area (Å²) in [6.07, 6.45) is 1.64. The first-order valence-corrected chi connectivity index (χ1v) is 4.78. The van der Waals surface area contributed by atoms with Crippen LogP contribution in [0.1, 0.15) is 12.5 Å². The van der Waals surface area contributed by atoms with E-state index in [1.807, 2.05) is 13.0 Å². The molecule has 1 aromatic carbocycles. The zero-order valence-electron chi connectivity index (χ0n) is 7.26. The summed E-state index contributed by atoms with van der Waals surface area (Å²) in [7, 11) is 0. The van der Waals surface area contributed by atoms with Gasteiger partial charge in [-0.2, -0.15) is 0 Å². The molecule has 70 valence electrons. The van der Waals surface area contributed by atoms with Crippen molar-refractivity contribution in [2.75, 3.05) is 0 Å². The van der Waals surface area contributed by atoms with E-state index >= 15 is 0 Å². The van der Waals surface area contributed by atoms with Gasteiger partial charge in [0.2, 0.25) is 0 Å². The number of carbonyl (C=O) groups is 1. The van der Waals surface area contributed by atoms with Crippen LogP contribution in [0.25, 0.3) is 0 Å². The van der Waals surface area contributed by atoms with Gasteiger partial charge in [0.1, 0.15) is 6.29 Å². The van der Waals surface area contributed by atoms with Crippen molar-refractivity contribution < 1.29 is 4.79 Å². The molecule has 0 spiro atoms. The van der Waals surface area contributed by atoms with Crippen LogP contribution in [0.4, 0.5) is 0 Å². The van der Waals surface area contributed by atoms with Crippen LogP contribution in [-0.4, -0.2) is 6.29 Å². The van der Waals surface area contributed by atoms with E-state index in [1.165, 1.54) is 0 Å². The number of carbonyl (C=O) groups excluding carboxylic acids is 1. The molecule has 0 saturated heterocycles. The van der Waals surface area contributed by atoms with Crippen molar-refractivity contribution in [1.29, 1.82) is 0 Å². The van der Waals surface area contributed by atoms with Gasteiger partial charge in [-0.1, -0.05) is 36.2 Å². The first kappa shape index (κ1) is 10.6. The van der Waals surface area contributed by atoms with Gasteiger partial charge in [0.15, 0.2) is 0 Å². The minimum absolute atomic E-state index is 0.0252. The molecule has 3 heteroatoms. The molecule has 0 fully saturated rings. The van der Waals surface area contributed by atoms with Gasteiger partial charge in [0.05, 0.1) is 10.0 Å². The van der Waals surface area contributed by atoms with Crippen LogP contribution in [-0.2, 0) is 11.2 Å². The van der Waals surface area contributed by atoms with Gasteiger partial charge >= 0.3 is 0 Å². The van der Waals surface area contributed by atoms with Gasteiger partial charge in [-0.05, 0) is 24.1 Å². The van der Waals surface area contributed by atoms with Crippen LogP contribution in [0.3, 0.4) is 0 Å². The Labute approximate surface area is 87.7 Å². The van der Waals surface area contributed by atoms with Crippen molar-refractivity contribution in [1.82, 2.24) is 0 Å². The van der Waals surface area contributed by atoms with Crippen LogP contribution in [0.2, 0.25) is 10.0 Å². The number of benzene rings is 1. The molecule has 0 aliphatic heterocycles. The Kier molecular flexibility index (Phi) is 3.76. The Hall–Kier alpha value is -0.530. The monoisotopic (exact) mass is 216 g/mol. The summed E-state index contributed by atoms with van der Waals surface area (Å²) in [6, 6.07) is 5.43. The molecule has 1 aromatic rings. The van der Waals surface area contributed by atoms with E-state index in [0.717, 1.165) is 11.8 Å². The number of rotatable bonds is 3. The average Bonchev–Trinajstić information content (AvgIpc) is 2.11. The normalized spacial score (nSPS) is 12.5. The predicted molar refractivity (Wildman–Crippen MR) is 55.4 cm³/mol. The van der Waals surface area contributed by atoms with Gasteiger partial charge < -0.3 is 4.79 Å². The molecule has 1 unspecified atom stereocenters. The van der Waals surface area contributed by atoms with Crippen molar-refractivity contribution >= 4 is 29.5 Å². The second kappa shape index (κ2) is 4.64. The summed E-state index contributed by atoms with van der Waals surface area (Å²) in [5.41, 5.74) is 1.04. The van der Waals surface area contributed by atoms with E-state index in [9.17, 15) is 4.79 Å². The molecular formula is C10H10Cl2O. The van der Waals surface area contributed by atoms with Crippen molar-refractivity contribution in [3.8, 4) is 0 Å². The Bertz CT molecular complexity index is 310. The fourth-order valence-electron chi connectivity index (χ4n) is 1.09. The molecule has 0 amide bonds. The van der Waals surface area contributed by atoms with Gasteiger partial charge in [0.25, 0.3) is 0 Å². The largest absolute Gasteiger partial charge is 0.303 e. The Morgan fingerprint density at radius 3 is 2.62 bits per heavy atom. The molecule has 0 bridgehead atoms. The van der Waals surface area contributed by atoms with Crippen LogP contribution in [0, 0.1) is 5.92 Å². The van der Waals surface area contributed by atoms with Crippen LogP contribution in [0.5, 0.6) is 0 Å². The highest BCUT2D eigenvalue weighted by atomic mass is 35.5. The summed E-state index contributed by atoms with van der Waals surface area (Å²) >= 11 is 11.6. The van der Waals surface area contributed by atoms with E-state index in [-0.39, 0.29) is 5.92 Å². The van der Waals surface area contributed by atoms with E-state index in [2.05, 4.69) is 0 Å². The lowest BCUT2D eigenvalue weighted by atomic mass is 10.0. The predicted octanol–water partition coefficient (Wildman–Crippen LogP) is 3.37. The maximum absolute atomic E-state index is 10.4. The number of aldehydes is 1. The van der Waals surface area contributed by atoms with Crippen molar-refractivity contribution in [3.63, 3.8) is 0 Å². The highest BCUT2D eigenvalue weighted by Crippen LogP contribution is 2.23. The third kappa shape index (κ3) is 3.02. The Morgan fingerprint density at radius 2 is 2.08 bits per heavy atom. The summed E-state index contributed by atoms with van der Waals surface area (Å²) in [4.78, 5) is 10.4.